The van der Waals surface area contributed by atoms with Gasteiger partial charge in [-0.25, -0.2) is 4.98 Å². The summed E-state index contributed by atoms with van der Waals surface area (Å²) in [6, 6.07) is 7.09. The van der Waals surface area contributed by atoms with Gasteiger partial charge in [-0.3, -0.25) is 4.79 Å². The van der Waals surface area contributed by atoms with E-state index in [1.54, 1.807) is 42.5 Å². The molecule has 0 saturated heterocycles. The van der Waals surface area contributed by atoms with Crippen LogP contribution in [0.5, 0.6) is 0 Å². The van der Waals surface area contributed by atoms with Crippen LogP contribution in [-0.4, -0.2) is 39.5 Å². The van der Waals surface area contributed by atoms with Gasteiger partial charge in [-0.1, -0.05) is 24.0 Å². The van der Waals surface area contributed by atoms with Crippen LogP contribution in [0, 0.1) is 11.8 Å². The van der Waals surface area contributed by atoms with Crippen molar-refractivity contribution >= 4 is 5.91 Å². The smallest absolute Gasteiger partial charge is 0.255 e. The second-order valence-electron chi connectivity index (χ2n) is 4.20. The van der Waals surface area contributed by atoms with Crippen LogP contribution >= 0.6 is 0 Å². The van der Waals surface area contributed by atoms with Gasteiger partial charge in [-0.2, -0.15) is 0 Å². The van der Waals surface area contributed by atoms with Gasteiger partial charge in [0.15, 0.2) is 0 Å². The summed E-state index contributed by atoms with van der Waals surface area (Å²) in [7, 11) is 1.71. The number of benzene rings is 1. The number of aromatic amines is 1. The zero-order chi connectivity index (χ0) is 14.4. The Balaban J connectivity index is 2.20. The van der Waals surface area contributed by atoms with E-state index in [1.807, 2.05) is 6.07 Å². The number of hydrogen-bond acceptors (Lipinski definition) is 3. The second kappa shape index (κ2) is 6.55. The van der Waals surface area contributed by atoms with E-state index in [-0.39, 0.29) is 12.5 Å². The Labute approximate surface area is 117 Å². The molecule has 2 rings (SSSR count). The van der Waals surface area contributed by atoms with Crippen molar-refractivity contribution in [1.29, 1.82) is 0 Å². The Bertz CT molecular complexity index is 639. The number of aliphatic hydroxyl groups excluding tert-OH is 1. The number of amides is 1. The number of aromatic nitrogens is 2. The van der Waals surface area contributed by atoms with E-state index in [0.29, 0.717) is 17.7 Å². The van der Waals surface area contributed by atoms with Crippen molar-refractivity contribution in [2.24, 2.45) is 0 Å². The van der Waals surface area contributed by atoms with E-state index in [1.165, 1.54) is 0 Å². The van der Waals surface area contributed by atoms with Crippen LogP contribution in [0.2, 0.25) is 0 Å². The number of nitrogens with zero attached hydrogens (tertiary/aromatic N) is 2. The molecule has 0 fully saturated rings. The highest BCUT2D eigenvalue weighted by molar-refractivity contribution is 5.96. The maximum atomic E-state index is 12.4. The quantitative estimate of drug-likeness (QED) is 0.818. The maximum absolute atomic E-state index is 12.4. The number of rotatable bonds is 3. The number of carbonyl (C=O) groups excluding carboxylic acids is 1. The lowest BCUT2D eigenvalue weighted by molar-refractivity contribution is 0.0781. The zero-order valence-electron chi connectivity index (χ0n) is 11.1. The number of carbonyl (C=O) groups is 1. The summed E-state index contributed by atoms with van der Waals surface area (Å²) >= 11 is 0. The highest BCUT2D eigenvalue weighted by Gasteiger charge is 2.15. The molecule has 102 valence electrons. The molecule has 0 aliphatic carbocycles. The number of hydrogen-bond donors (Lipinski definition) is 2. The van der Waals surface area contributed by atoms with E-state index in [2.05, 4.69) is 21.8 Å². The minimum absolute atomic E-state index is 0.135. The molecule has 0 bridgehead atoms. The second-order valence-corrected chi connectivity index (χ2v) is 4.20. The number of H-pyrrole nitrogens is 1. The van der Waals surface area contributed by atoms with Gasteiger partial charge in [0.05, 0.1) is 12.1 Å². The molecule has 0 saturated carbocycles. The van der Waals surface area contributed by atoms with Crippen molar-refractivity contribution in [1.82, 2.24) is 14.9 Å². The van der Waals surface area contributed by atoms with Gasteiger partial charge in [-0.05, 0) is 12.1 Å². The fourth-order valence-corrected chi connectivity index (χ4v) is 1.80. The Morgan fingerprint density at radius 2 is 2.25 bits per heavy atom. The van der Waals surface area contributed by atoms with Gasteiger partial charge >= 0.3 is 0 Å². The van der Waals surface area contributed by atoms with Crippen molar-refractivity contribution in [3.8, 4) is 11.8 Å². The molecule has 1 aromatic carbocycles. The van der Waals surface area contributed by atoms with Gasteiger partial charge in [-0.15, -0.1) is 0 Å². The molecule has 0 aliphatic heterocycles. The minimum Gasteiger partial charge on any atom is -0.384 e. The number of imidazole rings is 1. The monoisotopic (exact) mass is 269 g/mol. The number of nitrogens with one attached hydrogen (secondary N) is 1. The SMILES string of the molecule is CN(Cc1ncc[nH]1)C(=O)c1ccccc1C#CCO. The fraction of sp³-hybridized carbons (Fsp3) is 0.200. The third-order valence-electron chi connectivity index (χ3n) is 2.75. The Kier molecular flexibility index (Phi) is 4.53. The van der Waals surface area contributed by atoms with Crippen LogP contribution in [0.15, 0.2) is 36.7 Å². The molecular formula is C15H15N3O2. The average molecular weight is 269 g/mol. The van der Waals surface area contributed by atoms with E-state index in [0.717, 1.165) is 5.82 Å². The topological polar surface area (TPSA) is 69.2 Å². The Morgan fingerprint density at radius 1 is 1.45 bits per heavy atom. The predicted molar refractivity (Wildman–Crippen MR) is 74.8 cm³/mol. The van der Waals surface area contributed by atoms with Gasteiger partial charge in [0.1, 0.15) is 12.4 Å². The fourth-order valence-electron chi connectivity index (χ4n) is 1.80. The molecular weight excluding hydrogens is 254 g/mol. The molecule has 1 heterocycles. The standard InChI is InChI=1S/C15H15N3O2/c1-18(11-14-16-8-9-17-14)15(20)13-7-3-2-5-12(13)6-4-10-19/h2-3,5,7-9,19H,10-11H2,1H3,(H,16,17). The molecule has 1 aromatic heterocycles. The first kappa shape index (κ1) is 13.8. The summed E-state index contributed by atoms with van der Waals surface area (Å²) in [6.45, 7) is 0.165. The van der Waals surface area contributed by atoms with E-state index in [4.69, 9.17) is 5.11 Å². The first-order valence-corrected chi connectivity index (χ1v) is 6.15. The van der Waals surface area contributed by atoms with Crippen LogP contribution in [0.4, 0.5) is 0 Å². The van der Waals surface area contributed by atoms with Crippen LogP contribution in [-0.2, 0) is 6.54 Å². The van der Waals surface area contributed by atoms with Gasteiger partial charge in [0, 0.05) is 25.0 Å². The zero-order valence-corrected chi connectivity index (χ0v) is 11.1. The van der Waals surface area contributed by atoms with E-state index >= 15 is 0 Å². The van der Waals surface area contributed by atoms with Crippen molar-refractivity contribution in [3.05, 3.63) is 53.6 Å². The molecule has 0 aliphatic rings. The third-order valence-corrected chi connectivity index (χ3v) is 2.75. The summed E-state index contributed by atoms with van der Waals surface area (Å²) in [6.07, 6.45) is 3.36. The van der Waals surface area contributed by atoms with Gasteiger partial charge < -0.3 is 15.0 Å². The Morgan fingerprint density at radius 3 is 2.95 bits per heavy atom. The first-order chi connectivity index (χ1) is 9.72. The summed E-state index contributed by atoms with van der Waals surface area (Å²) in [4.78, 5) is 21.0. The highest BCUT2D eigenvalue weighted by Crippen LogP contribution is 2.11. The van der Waals surface area contributed by atoms with Crippen LogP contribution in [0.3, 0.4) is 0 Å². The molecule has 0 unspecified atom stereocenters. The van der Waals surface area contributed by atoms with Crippen molar-refractivity contribution < 1.29 is 9.90 Å². The third kappa shape index (κ3) is 3.25. The van der Waals surface area contributed by atoms with Crippen LogP contribution in [0.25, 0.3) is 0 Å². The summed E-state index contributed by atoms with van der Waals surface area (Å²) < 4.78 is 0. The normalized spacial score (nSPS) is 9.70. The van der Waals surface area contributed by atoms with Crippen molar-refractivity contribution in [3.63, 3.8) is 0 Å². The summed E-state index contributed by atoms with van der Waals surface area (Å²) in [5, 5.41) is 8.76. The van der Waals surface area contributed by atoms with Crippen LogP contribution in [0.1, 0.15) is 21.7 Å². The molecule has 2 N–H and O–H groups in total. The summed E-state index contributed by atoms with van der Waals surface area (Å²) in [5.41, 5.74) is 1.13. The molecule has 5 nitrogen and oxygen atoms in total. The lowest BCUT2D eigenvalue weighted by atomic mass is 10.1. The molecule has 0 spiro atoms. The molecule has 0 atom stereocenters. The van der Waals surface area contributed by atoms with E-state index in [9.17, 15) is 4.79 Å². The van der Waals surface area contributed by atoms with Gasteiger partial charge in [0.2, 0.25) is 0 Å². The molecule has 1 amide bonds. The number of aliphatic hydroxyl groups is 1. The lowest BCUT2D eigenvalue weighted by Gasteiger charge is -2.16. The van der Waals surface area contributed by atoms with Crippen molar-refractivity contribution in [2.45, 2.75) is 6.54 Å². The molecule has 2 aromatic rings. The minimum atomic E-state index is -0.231. The van der Waals surface area contributed by atoms with Crippen LogP contribution < -0.4 is 0 Å². The average Bonchev–Trinajstić information content (AvgIpc) is 2.97. The molecule has 20 heavy (non-hydrogen) atoms. The first-order valence-electron chi connectivity index (χ1n) is 6.15. The van der Waals surface area contributed by atoms with Gasteiger partial charge in [0.25, 0.3) is 5.91 Å². The Hall–Kier alpha value is -2.58. The highest BCUT2D eigenvalue weighted by atomic mass is 16.2. The molecule has 5 heteroatoms. The summed E-state index contributed by atoms with van der Waals surface area (Å²) in [5.74, 6) is 5.93. The molecule has 0 radical (unpaired) electrons. The predicted octanol–water partition coefficient (Wildman–Crippen LogP) is 1.03. The van der Waals surface area contributed by atoms with E-state index < -0.39 is 0 Å². The maximum Gasteiger partial charge on any atom is 0.255 e. The van der Waals surface area contributed by atoms with Crippen molar-refractivity contribution in [2.75, 3.05) is 13.7 Å². The largest absolute Gasteiger partial charge is 0.384 e. The lowest BCUT2D eigenvalue weighted by Crippen LogP contribution is -2.27.